The van der Waals surface area contributed by atoms with Gasteiger partial charge in [-0.25, -0.2) is 4.68 Å². The Morgan fingerprint density at radius 1 is 1.17 bits per heavy atom. The monoisotopic (exact) mass is 499 g/mol. The van der Waals surface area contributed by atoms with Gasteiger partial charge in [0.1, 0.15) is 6.61 Å². The molecule has 0 atom stereocenters. The summed E-state index contributed by atoms with van der Waals surface area (Å²) in [7, 11) is 1.59. The zero-order valence-corrected chi connectivity index (χ0v) is 19.1. The first kappa shape index (κ1) is 21.7. The van der Waals surface area contributed by atoms with E-state index in [2.05, 4.69) is 43.7 Å². The van der Waals surface area contributed by atoms with E-state index in [1.807, 2.05) is 12.1 Å². The number of benzene rings is 2. The van der Waals surface area contributed by atoms with Crippen molar-refractivity contribution in [2.75, 3.05) is 12.4 Å². The normalized spacial score (nSPS) is 10.8. The maximum Gasteiger partial charge on any atom is 0.243 e. The van der Waals surface area contributed by atoms with Crippen molar-refractivity contribution >= 4 is 45.1 Å². The van der Waals surface area contributed by atoms with E-state index in [4.69, 9.17) is 32.7 Å². The lowest BCUT2D eigenvalue weighted by Crippen LogP contribution is -2.09. The average Bonchev–Trinajstić information content (AvgIpc) is 3.14. The summed E-state index contributed by atoms with van der Waals surface area (Å²) < 4.78 is 14.0. The van der Waals surface area contributed by atoms with Gasteiger partial charge in [-0.15, -0.1) is 0 Å². The third kappa shape index (κ3) is 5.32. The second kappa shape index (κ2) is 10.1. The lowest BCUT2D eigenvalue weighted by Gasteiger charge is -2.15. The van der Waals surface area contributed by atoms with Crippen LogP contribution in [-0.2, 0) is 19.7 Å². The molecule has 1 heterocycles. The molecule has 0 aliphatic rings. The zero-order valence-electron chi connectivity index (χ0n) is 16.0. The van der Waals surface area contributed by atoms with Crippen LogP contribution in [0.4, 0.5) is 5.95 Å². The van der Waals surface area contributed by atoms with E-state index in [0.717, 1.165) is 28.6 Å². The number of rotatable bonds is 9. The number of tetrazole rings is 1. The summed E-state index contributed by atoms with van der Waals surface area (Å²) in [6.07, 6.45) is 0.943. The highest BCUT2D eigenvalue weighted by Gasteiger charge is 2.14. The van der Waals surface area contributed by atoms with Crippen molar-refractivity contribution in [1.29, 1.82) is 0 Å². The first-order valence-corrected chi connectivity index (χ1v) is 10.5. The van der Waals surface area contributed by atoms with E-state index in [1.165, 1.54) is 0 Å². The third-order valence-corrected chi connectivity index (χ3v) is 5.62. The average molecular weight is 501 g/mol. The molecular weight excluding hydrogens is 481 g/mol. The maximum atomic E-state index is 6.22. The van der Waals surface area contributed by atoms with Gasteiger partial charge in [0.15, 0.2) is 11.5 Å². The van der Waals surface area contributed by atoms with Crippen LogP contribution in [0, 0.1) is 0 Å². The van der Waals surface area contributed by atoms with E-state index in [9.17, 15) is 0 Å². The summed E-state index contributed by atoms with van der Waals surface area (Å²) >= 11 is 16.0. The number of hydrogen-bond acceptors (Lipinski definition) is 6. The Morgan fingerprint density at radius 3 is 2.62 bits per heavy atom. The molecule has 0 aliphatic carbocycles. The van der Waals surface area contributed by atoms with Gasteiger partial charge in [0.05, 0.1) is 7.11 Å². The van der Waals surface area contributed by atoms with E-state index in [-0.39, 0.29) is 6.61 Å². The Balaban J connectivity index is 1.74. The number of nitrogens with one attached hydrogen (secondary N) is 1. The molecule has 7 nitrogen and oxygen atoms in total. The minimum absolute atomic E-state index is 0.227. The molecule has 0 unspecified atom stereocenters. The number of ether oxygens (including phenoxy) is 2. The molecular formula is C19H20BrCl2N5O2. The Kier molecular flexibility index (Phi) is 7.57. The van der Waals surface area contributed by atoms with Gasteiger partial charge in [-0.1, -0.05) is 57.2 Å². The zero-order chi connectivity index (χ0) is 20.8. The Hall–Kier alpha value is -2.03. The van der Waals surface area contributed by atoms with E-state index in [0.29, 0.717) is 34.0 Å². The van der Waals surface area contributed by atoms with Crippen LogP contribution in [0.5, 0.6) is 11.5 Å². The molecule has 154 valence electrons. The molecule has 29 heavy (non-hydrogen) atoms. The Bertz CT molecular complexity index is 963. The molecule has 0 saturated heterocycles. The van der Waals surface area contributed by atoms with Crippen LogP contribution in [0.2, 0.25) is 10.0 Å². The van der Waals surface area contributed by atoms with Gasteiger partial charge in [0, 0.05) is 33.2 Å². The van der Waals surface area contributed by atoms with Crippen molar-refractivity contribution in [1.82, 2.24) is 20.2 Å². The first-order valence-electron chi connectivity index (χ1n) is 8.95. The molecule has 0 bridgehead atoms. The number of nitrogens with zero attached hydrogens (tertiary/aromatic N) is 4. The summed E-state index contributed by atoms with van der Waals surface area (Å²) in [5.74, 6) is 1.79. The minimum atomic E-state index is 0.227. The van der Waals surface area contributed by atoms with Crippen LogP contribution < -0.4 is 14.8 Å². The molecule has 0 aliphatic heterocycles. The summed E-state index contributed by atoms with van der Waals surface area (Å²) in [5.41, 5.74) is 1.69. The molecule has 0 spiro atoms. The van der Waals surface area contributed by atoms with Gasteiger partial charge < -0.3 is 14.8 Å². The number of methoxy groups -OCH3 is 1. The smallest absolute Gasteiger partial charge is 0.243 e. The van der Waals surface area contributed by atoms with E-state index < -0.39 is 0 Å². The fourth-order valence-corrected chi connectivity index (χ4v) is 3.64. The molecule has 3 aromatic rings. The van der Waals surface area contributed by atoms with E-state index >= 15 is 0 Å². The van der Waals surface area contributed by atoms with Crippen molar-refractivity contribution in [3.63, 3.8) is 0 Å². The predicted molar refractivity (Wildman–Crippen MR) is 117 cm³/mol. The van der Waals surface area contributed by atoms with Crippen LogP contribution in [-0.4, -0.2) is 27.3 Å². The lowest BCUT2D eigenvalue weighted by atomic mass is 10.2. The number of aromatic nitrogens is 4. The van der Waals surface area contributed by atoms with Gasteiger partial charge >= 0.3 is 0 Å². The molecule has 10 heteroatoms. The van der Waals surface area contributed by atoms with Crippen LogP contribution in [0.25, 0.3) is 0 Å². The largest absolute Gasteiger partial charge is 0.493 e. The summed E-state index contributed by atoms with van der Waals surface area (Å²) in [5, 5.41) is 16.1. The van der Waals surface area contributed by atoms with E-state index in [1.54, 1.807) is 30.0 Å². The standard InChI is InChI=1S/C19H20BrCl2N5O2/c1-3-7-27-19(24-25-26-27)23-10-12-8-17(28-2)18(9-14(12)20)29-11-13-15(21)5-4-6-16(13)22/h4-6,8-9H,3,7,10-11H2,1-2H3,(H,23,24,26). The van der Waals surface area contributed by atoms with Crippen LogP contribution in [0.3, 0.4) is 0 Å². The highest BCUT2D eigenvalue weighted by molar-refractivity contribution is 9.10. The van der Waals surface area contributed by atoms with Gasteiger partial charge in [0.2, 0.25) is 5.95 Å². The van der Waals surface area contributed by atoms with Crippen molar-refractivity contribution in [2.45, 2.75) is 33.0 Å². The summed E-state index contributed by atoms with van der Waals surface area (Å²) in [4.78, 5) is 0. The lowest BCUT2D eigenvalue weighted by molar-refractivity contribution is 0.284. The third-order valence-electron chi connectivity index (χ3n) is 4.17. The fourth-order valence-electron chi connectivity index (χ4n) is 2.67. The maximum absolute atomic E-state index is 6.22. The quantitative estimate of drug-likeness (QED) is 0.426. The highest BCUT2D eigenvalue weighted by Crippen LogP contribution is 2.35. The van der Waals surface area contributed by atoms with Gasteiger partial charge in [-0.05, 0) is 46.7 Å². The Morgan fingerprint density at radius 2 is 1.93 bits per heavy atom. The molecule has 2 aromatic carbocycles. The predicted octanol–water partition coefficient (Wildman–Crippen LogP) is 5.35. The minimum Gasteiger partial charge on any atom is -0.493 e. The second-order valence-corrected chi connectivity index (χ2v) is 7.83. The van der Waals surface area contributed by atoms with Crippen molar-refractivity contribution in [3.8, 4) is 11.5 Å². The number of anilines is 1. The van der Waals surface area contributed by atoms with Crippen molar-refractivity contribution in [3.05, 3.63) is 56.0 Å². The molecule has 0 radical (unpaired) electrons. The van der Waals surface area contributed by atoms with Crippen LogP contribution in [0.15, 0.2) is 34.8 Å². The first-order chi connectivity index (χ1) is 14.0. The second-order valence-electron chi connectivity index (χ2n) is 6.16. The fraction of sp³-hybridized carbons (Fsp3) is 0.316. The van der Waals surface area contributed by atoms with Crippen molar-refractivity contribution in [2.24, 2.45) is 0 Å². The van der Waals surface area contributed by atoms with Gasteiger partial charge in [-0.2, -0.15) is 0 Å². The molecule has 1 N–H and O–H groups in total. The number of aryl methyl sites for hydroxylation is 1. The topological polar surface area (TPSA) is 74.1 Å². The number of halogens is 3. The molecule has 1 aromatic heterocycles. The van der Waals surface area contributed by atoms with Crippen LogP contribution >= 0.6 is 39.1 Å². The SMILES string of the molecule is CCCn1nnnc1NCc1cc(OC)c(OCc2c(Cl)cccc2Cl)cc1Br. The summed E-state index contributed by atoms with van der Waals surface area (Å²) in [6.45, 7) is 3.56. The Labute approximate surface area is 187 Å². The van der Waals surface area contributed by atoms with Crippen LogP contribution in [0.1, 0.15) is 24.5 Å². The molecule has 0 amide bonds. The molecule has 0 fully saturated rings. The van der Waals surface area contributed by atoms with Gasteiger partial charge in [-0.3, -0.25) is 0 Å². The molecule has 0 saturated carbocycles. The number of hydrogen-bond donors (Lipinski definition) is 1. The summed E-state index contributed by atoms with van der Waals surface area (Å²) in [6, 6.07) is 9.11. The molecule has 3 rings (SSSR count). The van der Waals surface area contributed by atoms with Gasteiger partial charge in [0.25, 0.3) is 0 Å². The highest BCUT2D eigenvalue weighted by atomic mass is 79.9. The van der Waals surface area contributed by atoms with Crippen molar-refractivity contribution < 1.29 is 9.47 Å².